The van der Waals surface area contributed by atoms with Gasteiger partial charge in [-0.3, -0.25) is 0 Å². The van der Waals surface area contributed by atoms with Crippen molar-refractivity contribution in [1.82, 2.24) is 14.5 Å². The monoisotopic (exact) mass is 359 g/mol. The van der Waals surface area contributed by atoms with Gasteiger partial charge in [0.05, 0.1) is 0 Å². The largest absolute Gasteiger partial charge is 0.381 e. The van der Waals surface area contributed by atoms with Crippen molar-refractivity contribution in [3.05, 3.63) is 17.7 Å². The number of rotatable bonds is 4. The molecule has 3 heterocycles. The van der Waals surface area contributed by atoms with E-state index in [1.54, 1.807) is 0 Å². The quantitative estimate of drug-likeness (QED) is 0.741. The SMILES string of the molecule is Cc1cnc(C2CCOCC2)n1CC1CCN(C2CCCCCC2)CC1. The smallest absolute Gasteiger partial charge is 0.112 e. The van der Waals surface area contributed by atoms with Crippen molar-refractivity contribution in [2.75, 3.05) is 26.3 Å². The van der Waals surface area contributed by atoms with Gasteiger partial charge in [-0.25, -0.2) is 4.98 Å². The third-order valence-electron chi connectivity index (χ3n) is 7.10. The standard InChI is InChI=1S/C22H37N3O/c1-18-16-23-22(20-10-14-26-15-11-20)25(18)17-19-8-12-24(13-9-19)21-6-4-2-3-5-7-21/h16,19-21H,2-15,17H2,1H3. The first-order valence-electron chi connectivity index (χ1n) is 11.1. The van der Waals surface area contributed by atoms with Crippen LogP contribution in [-0.4, -0.2) is 46.8 Å². The highest BCUT2D eigenvalue weighted by Gasteiger charge is 2.28. The van der Waals surface area contributed by atoms with Crippen molar-refractivity contribution in [3.8, 4) is 0 Å². The van der Waals surface area contributed by atoms with E-state index in [1.807, 2.05) is 0 Å². The summed E-state index contributed by atoms with van der Waals surface area (Å²) in [4.78, 5) is 7.62. The molecule has 26 heavy (non-hydrogen) atoms. The first-order valence-corrected chi connectivity index (χ1v) is 11.1. The molecule has 0 radical (unpaired) electrons. The Morgan fingerprint density at radius 2 is 1.65 bits per heavy atom. The van der Waals surface area contributed by atoms with Crippen molar-refractivity contribution in [2.45, 2.75) is 89.6 Å². The van der Waals surface area contributed by atoms with E-state index in [2.05, 4.69) is 22.6 Å². The van der Waals surface area contributed by atoms with E-state index < -0.39 is 0 Å². The molecule has 0 amide bonds. The fourth-order valence-corrected chi connectivity index (χ4v) is 5.38. The molecule has 0 spiro atoms. The van der Waals surface area contributed by atoms with Crippen molar-refractivity contribution >= 4 is 0 Å². The van der Waals surface area contributed by atoms with Crippen LogP contribution in [0.2, 0.25) is 0 Å². The van der Waals surface area contributed by atoms with E-state index in [0.29, 0.717) is 5.92 Å². The molecule has 0 bridgehead atoms. The van der Waals surface area contributed by atoms with Gasteiger partial charge in [0.25, 0.3) is 0 Å². The predicted molar refractivity (Wildman–Crippen MR) is 106 cm³/mol. The Kier molecular flexibility index (Phi) is 6.31. The lowest BCUT2D eigenvalue weighted by atomic mass is 9.93. The Morgan fingerprint density at radius 1 is 0.962 bits per heavy atom. The summed E-state index contributed by atoms with van der Waals surface area (Å²) in [7, 11) is 0. The molecule has 4 heteroatoms. The molecule has 0 aromatic carbocycles. The lowest BCUT2D eigenvalue weighted by Crippen LogP contribution is -2.42. The summed E-state index contributed by atoms with van der Waals surface area (Å²) in [6.07, 6.45) is 15.8. The molecule has 146 valence electrons. The first-order chi connectivity index (χ1) is 12.8. The molecule has 4 nitrogen and oxygen atoms in total. The van der Waals surface area contributed by atoms with Gasteiger partial charge in [-0.2, -0.15) is 0 Å². The maximum atomic E-state index is 5.55. The van der Waals surface area contributed by atoms with Crippen LogP contribution in [0, 0.1) is 12.8 Å². The van der Waals surface area contributed by atoms with Gasteiger partial charge in [-0.05, 0) is 64.5 Å². The lowest BCUT2D eigenvalue weighted by Gasteiger charge is -2.38. The minimum Gasteiger partial charge on any atom is -0.381 e. The van der Waals surface area contributed by atoms with E-state index in [0.717, 1.165) is 38.0 Å². The second-order valence-corrected chi connectivity index (χ2v) is 8.88. The van der Waals surface area contributed by atoms with Gasteiger partial charge in [-0.15, -0.1) is 0 Å². The number of likely N-dealkylation sites (tertiary alicyclic amines) is 1. The summed E-state index contributed by atoms with van der Waals surface area (Å²) in [5.41, 5.74) is 1.35. The summed E-state index contributed by atoms with van der Waals surface area (Å²) in [6, 6.07) is 0.881. The van der Waals surface area contributed by atoms with E-state index in [9.17, 15) is 0 Å². The Labute approximate surface area is 159 Å². The highest BCUT2D eigenvalue weighted by molar-refractivity contribution is 5.09. The first kappa shape index (κ1) is 18.5. The molecule has 0 atom stereocenters. The molecule has 0 unspecified atom stereocenters. The van der Waals surface area contributed by atoms with Gasteiger partial charge in [0.15, 0.2) is 0 Å². The van der Waals surface area contributed by atoms with Crippen LogP contribution in [0.4, 0.5) is 0 Å². The fourth-order valence-electron chi connectivity index (χ4n) is 5.38. The van der Waals surface area contributed by atoms with E-state index >= 15 is 0 Å². The van der Waals surface area contributed by atoms with Crippen molar-refractivity contribution < 1.29 is 4.74 Å². The molecular formula is C22H37N3O. The maximum absolute atomic E-state index is 5.55. The van der Waals surface area contributed by atoms with Crippen molar-refractivity contribution in [2.24, 2.45) is 5.92 Å². The Hall–Kier alpha value is -0.870. The highest BCUT2D eigenvalue weighted by Crippen LogP contribution is 2.30. The normalized spacial score (nSPS) is 25.4. The summed E-state index contributed by atoms with van der Waals surface area (Å²) >= 11 is 0. The van der Waals surface area contributed by atoms with Gasteiger partial charge in [0.1, 0.15) is 5.82 Å². The molecular weight excluding hydrogens is 322 g/mol. The minimum absolute atomic E-state index is 0.600. The van der Waals surface area contributed by atoms with Crippen LogP contribution in [0.5, 0.6) is 0 Å². The lowest BCUT2D eigenvalue weighted by molar-refractivity contribution is 0.0818. The fraction of sp³-hybridized carbons (Fsp3) is 0.864. The third kappa shape index (κ3) is 4.33. The Balaban J connectivity index is 1.33. The molecule has 3 fully saturated rings. The van der Waals surface area contributed by atoms with Gasteiger partial charge in [-0.1, -0.05) is 25.7 Å². The molecule has 1 aromatic heterocycles. The zero-order valence-corrected chi connectivity index (χ0v) is 16.7. The van der Waals surface area contributed by atoms with E-state index in [-0.39, 0.29) is 0 Å². The maximum Gasteiger partial charge on any atom is 0.112 e. The molecule has 4 rings (SSSR count). The van der Waals surface area contributed by atoms with Crippen LogP contribution >= 0.6 is 0 Å². The predicted octanol–water partition coefficient (Wildman–Crippen LogP) is 4.52. The van der Waals surface area contributed by atoms with Crippen molar-refractivity contribution in [1.29, 1.82) is 0 Å². The van der Waals surface area contributed by atoms with E-state index in [1.165, 1.54) is 82.5 Å². The summed E-state index contributed by atoms with van der Waals surface area (Å²) in [5.74, 6) is 2.75. The van der Waals surface area contributed by atoms with Gasteiger partial charge < -0.3 is 14.2 Å². The molecule has 2 saturated heterocycles. The topological polar surface area (TPSA) is 30.3 Å². The van der Waals surface area contributed by atoms with E-state index in [4.69, 9.17) is 9.72 Å². The summed E-state index contributed by atoms with van der Waals surface area (Å²) < 4.78 is 8.10. The second kappa shape index (κ2) is 8.88. The van der Waals surface area contributed by atoms with Gasteiger partial charge in [0, 0.05) is 43.6 Å². The minimum atomic E-state index is 0.600. The Morgan fingerprint density at radius 3 is 2.35 bits per heavy atom. The number of imidazole rings is 1. The van der Waals surface area contributed by atoms with Crippen LogP contribution in [-0.2, 0) is 11.3 Å². The molecule has 0 N–H and O–H groups in total. The number of hydrogen-bond donors (Lipinski definition) is 0. The summed E-state index contributed by atoms with van der Waals surface area (Å²) in [6.45, 7) is 7.84. The molecule has 3 aliphatic rings. The van der Waals surface area contributed by atoms with Crippen LogP contribution in [0.15, 0.2) is 6.20 Å². The zero-order valence-electron chi connectivity index (χ0n) is 16.7. The van der Waals surface area contributed by atoms with Gasteiger partial charge in [0.2, 0.25) is 0 Å². The van der Waals surface area contributed by atoms with Crippen LogP contribution in [0.1, 0.15) is 81.6 Å². The number of ether oxygens (including phenoxy) is 1. The number of piperidine rings is 1. The number of aryl methyl sites for hydroxylation is 1. The zero-order chi connectivity index (χ0) is 17.8. The Bertz CT molecular complexity index is 548. The average Bonchev–Trinajstić information content (AvgIpc) is 2.89. The molecule has 1 saturated carbocycles. The second-order valence-electron chi connectivity index (χ2n) is 8.88. The molecule has 2 aliphatic heterocycles. The average molecular weight is 360 g/mol. The number of aromatic nitrogens is 2. The van der Waals surface area contributed by atoms with Crippen molar-refractivity contribution in [3.63, 3.8) is 0 Å². The molecule has 1 aromatic rings. The van der Waals surface area contributed by atoms with Crippen LogP contribution < -0.4 is 0 Å². The third-order valence-corrected chi connectivity index (χ3v) is 7.10. The van der Waals surface area contributed by atoms with Crippen LogP contribution in [0.25, 0.3) is 0 Å². The summed E-state index contributed by atoms with van der Waals surface area (Å²) in [5, 5.41) is 0. The number of nitrogens with zero attached hydrogens (tertiary/aromatic N) is 3. The van der Waals surface area contributed by atoms with Crippen LogP contribution in [0.3, 0.4) is 0 Å². The van der Waals surface area contributed by atoms with Gasteiger partial charge >= 0.3 is 0 Å². The molecule has 1 aliphatic carbocycles. The number of hydrogen-bond acceptors (Lipinski definition) is 3. The highest BCUT2D eigenvalue weighted by atomic mass is 16.5.